The molecule has 9 heteroatoms. The van der Waals surface area contributed by atoms with E-state index >= 15 is 0 Å². The van der Waals surface area contributed by atoms with Gasteiger partial charge in [-0.2, -0.15) is 4.98 Å². The van der Waals surface area contributed by atoms with Gasteiger partial charge in [0.15, 0.2) is 5.69 Å². The molecule has 4 heterocycles. The van der Waals surface area contributed by atoms with Crippen LogP contribution in [-0.4, -0.2) is 49.0 Å². The molecule has 3 aromatic heterocycles. The molecule has 0 spiro atoms. The van der Waals surface area contributed by atoms with Crippen LogP contribution < -0.4 is 0 Å². The first-order valence-corrected chi connectivity index (χ1v) is 7.62. The monoisotopic (exact) mass is 316 g/mol. The van der Waals surface area contributed by atoms with Crippen LogP contribution in [0.2, 0.25) is 0 Å². The Labute approximate surface area is 129 Å². The first-order valence-electron chi connectivity index (χ1n) is 6.74. The van der Waals surface area contributed by atoms with E-state index in [1.165, 1.54) is 4.68 Å². The lowest BCUT2D eigenvalue weighted by Gasteiger charge is -2.36. The lowest BCUT2D eigenvalue weighted by molar-refractivity contribution is 0.0563. The number of carbonyl (C=O) groups is 1. The zero-order chi connectivity index (χ0) is 15.1. The molecule has 1 aliphatic rings. The molecule has 0 aliphatic carbocycles. The third-order valence-electron chi connectivity index (χ3n) is 3.52. The Bertz CT molecular complexity index is 802. The Morgan fingerprint density at radius 2 is 2.32 bits per heavy atom. The Hall–Kier alpha value is -2.55. The van der Waals surface area contributed by atoms with E-state index in [9.17, 15) is 4.79 Å². The van der Waals surface area contributed by atoms with E-state index in [0.717, 1.165) is 4.88 Å². The molecule has 1 saturated heterocycles. The van der Waals surface area contributed by atoms with Gasteiger partial charge in [-0.3, -0.25) is 9.48 Å². The summed E-state index contributed by atoms with van der Waals surface area (Å²) in [5.41, 5.74) is 0.353. The number of aromatic nitrogens is 5. The molecule has 1 aliphatic heterocycles. The summed E-state index contributed by atoms with van der Waals surface area (Å²) in [6.45, 7) is 1.11. The molecule has 4 rings (SSSR count). The Morgan fingerprint density at radius 1 is 1.45 bits per heavy atom. The highest BCUT2D eigenvalue weighted by Gasteiger charge is 2.37. The van der Waals surface area contributed by atoms with Gasteiger partial charge >= 0.3 is 0 Å². The molecule has 0 atom stereocenters. The molecule has 0 bridgehead atoms. The first kappa shape index (κ1) is 13.1. The van der Waals surface area contributed by atoms with Crippen LogP contribution in [0.4, 0.5) is 0 Å². The van der Waals surface area contributed by atoms with Crippen LogP contribution >= 0.6 is 11.3 Å². The van der Waals surface area contributed by atoms with Gasteiger partial charge in [0.25, 0.3) is 5.91 Å². The molecule has 3 aromatic rings. The molecule has 0 unspecified atom stereocenters. The second kappa shape index (κ2) is 5.02. The van der Waals surface area contributed by atoms with Gasteiger partial charge in [-0.1, -0.05) is 16.4 Å². The minimum absolute atomic E-state index is 0.0850. The third kappa shape index (κ3) is 2.19. The molecule has 112 valence electrons. The van der Waals surface area contributed by atoms with Gasteiger partial charge in [0.2, 0.25) is 11.7 Å². The van der Waals surface area contributed by atoms with Crippen LogP contribution in [0.25, 0.3) is 10.7 Å². The first-order chi connectivity index (χ1) is 10.7. The maximum atomic E-state index is 12.2. The molecular formula is C13H12N6O2S. The topological polar surface area (TPSA) is 89.9 Å². The molecule has 22 heavy (non-hydrogen) atoms. The molecule has 0 aromatic carbocycles. The number of aryl methyl sites for hydroxylation is 1. The van der Waals surface area contributed by atoms with Crippen molar-refractivity contribution in [3.05, 3.63) is 35.3 Å². The zero-order valence-electron chi connectivity index (χ0n) is 11.7. The average molecular weight is 316 g/mol. The summed E-state index contributed by atoms with van der Waals surface area (Å²) < 4.78 is 6.82. The number of rotatable bonds is 3. The van der Waals surface area contributed by atoms with Crippen molar-refractivity contribution in [2.45, 2.75) is 5.92 Å². The van der Waals surface area contributed by atoms with Gasteiger partial charge in [-0.15, -0.1) is 16.4 Å². The number of carbonyl (C=O) groups excluding carboxylic acids is 1. The van der Waals surface area contributed by atoms with Crippen LogP contribution in [0.3, 0.4) is 0 Å². The Morgan fingerprint density at radius 3 is 3.00 bits per heavy atom. The number of likely N-dealkylation sites (tertiary alicyclic amines) is 1. The Kier molecular flexibility index (Phi) is 3.00. The standard InChI is InChI=1S/C13H12N6O2S/c1-18-7-9(15-17-18)13(20)19-5-8(6-19)12-14-11(16-21-12)10-3-2-4-22-10/h2-4,7-8H,5-6H2,1H3. The van der Waals surface area contributed by atoms with Gasteiger partial charge in [0.1, 0.15) is 0 Å². The van der Waals surface area contributed by atoms with E-state index in [-0.39, 0.29) is 11.8 Å². The highest BCUT2D eigenvalue weighted by molar-refractivity contribution is 7.13. The SMILES string of the molecule is Cn1cc(C(=O)N2CC(c3nc(-c4cccs4)no3)C2)nn1. The highest BCUT2D eigenvalue weighted by atomic mass is 32.1. The fraction of sp³-hybridized carbons (Fsp3) is 0.308. The van der Waals surface area contributed by atoms with Crippen LogP contribution in [0.15, 0.2) is 28.2 Å². The van der Waals surface area contributed by atoms with E-state index in [0.29, 0.717) is 30.5 Å². The summed E-state index contributed by atoms with van der Waals surface area (Å²) in [5, 5.41) is 13.5. The summed E-state index contributed by atoms with van der Waals surface area (Å²) >= 11 is 1.56. The summed E-state index contributed by atoms with van der Waals surface area (Å²) in [6, 6.07) is 3.89. The maximum Gasteiger partial charge on any atom is 0.276 e. The highest BCUT2D eigenvalue weighted by Crippen LogP contribution is 2.29. The van der Waals surface area contributed by atoms with Crippen molar-refractivity contribution < 1.29 is 9.32 Å². The fourth-order valence-corrected chi connectivity index (χ4v) is 2.96. The molecular weight excluding hydrogens is 304 g/mol. The van der Waals surface area contributed by atoms with Gasteiger partial charge in [-0.05, 0) is 11.4 Å². The number of thiophene rings is 1. The lowest BCUT2D eigenvalue weighted by atomic mass is 10.00. The third-order valence-corrected chi connectivity index (χ3v) is 4.39. The lowest BCUT2D eigenvalue weighted by Crippen LogP contribution is -2.48. The second-order valence-electron chi connectivity index (χ2n) is 5.12. The van der Waals surface area contributed by atoms with E-state index in [2.05, 4.69) is 20.5 Å². The van der Waals surface area contributed by atoms with Gasteiger partial charge in [0.05, 0.1) is 17.0 Å². The van der Waals surface area contributed by atoms with Gasteiger partial charge in [-0.25, -0.2) is 0 Å². The summed E-state index contributed by atoms with van der Waals surface area (Å²) in [7, 11) is 1.73. The van der Waals surface area contributed by atoms with E-state index in [4.69, 9.17) is 4.52 Å². The predicted molar refractivity (Wildman–Crippen MR) is 77.3 cm³/mol. The summed E-state index contributed by atoms with van der Waals surface area (Å²) in [5.74, 6) is 1.14. The zero-order valence-corrected chi connectivity index (χ0v) is 12.5. The van der Waals surface area contributed by atoms with E-state index in [1.807, 2.05) is 17.5 Å². The van der Waals surface area contributed by atoms with Gasteiger partial charge in [0, 0.05) is 20.1 Å². The van der Waals surface area contributed by atoms with E-state index in [1.54, 1.807) is 29.5 Å². The molecule has 8 nitrogen and oxygen atoms in total. The quantitative estimate of drug-likeness (QED) is 0.720. The molecule has 0 saturated carbocycles. The number of hydrogen-bond acceptors (Lipinski definition) is 7. The maximum absolute atomic E-state index is 12.2. The second-order valence-corrected chi connectivity index (χ2v) is 6.07. The average Bonchev–Trinajstić information content (AvgIpc) is 3.17. The minimum Gasteiger partial charge on any atom is -0.339 e. The van der Waals surface area contributed by atoms with Crippen LogP contribution in [0, 0.1) is 0 Å². The number of nitrogens with zero attached hydrogens (tertiary/aromatic N) is 6. The van der Waals surface area contributed by atoms with Crippen molar-refractivity contribution in [3.8, 4) is 10.7 Å². The van der Waals surface area contributed by atoms with Crippen molar-refractivity contribution >= 4 is 17.2 Å². The molecule has 0 N–H and O–H groups in total. The number of amides is 1. The van der Waals surface area contributed by atoms with Crippen molar-refractivity contribution in [2.75, 3.05) is 13.1 Å². The van der Waals surface area contributed by atoms with Crippen molar-refractivity contribution in [1.82, 2.24) is 30.0 Å². The van der Waals surface area contributed by atoms with Crippen LogP contribution in [0.5, 0.6) is 0 Å². The summed E-state index contributed by atoms with van der Waals surface area (Å²) in [4.78, 5) is 19.2. The number of hydrogen-bond donors (Lipinski definition) is 0. The largest absolute Gasteiger partial charge is 0.339 e. The van der Waals surface area contributed by atoms with Crippen molar-refractivity contribution in [2.24, 2.45) is 7.05 Å². The smallest absolute Gasteiger partial charge is 0.276 e. The van der Waals surface area contributed by atoms with Gasteiger partial charge < -0.3 is 9.42 Å². The molecule has 1 fully saturated rings. The summed E-state index contributed by atoms with van der Waals surface area (Å²) in [6.07, 6.45) is 1.61. The predicted octanol–water partition coefficient (Wildman–Crippen LogP) is 1.17. The van der Waals surface area contributed by atoms with E-state index < -0.39 is 0 Å². The normalized spacial score (nSPS) is 15.0. The van der Waals surface area contributed by atoms with Crippen LogP contribution in [0.1, 0.15) is 22.3 Å². The molecule has 1 amide bonds. The fourth-order valence-electron chi connectivity index (χ4n) is 2.31. The van der Waals surface area contributed by atoms with Crippen molar-refractivity contribution in [3.63, 3.8) is 0 Å². The Balaban J connectivity index is 1.42. The van der Waals surface area contributed by atoms with Crippen molar-refractivity contribution in [1.29, 1.82) is 0 Å². The molecule has 0 radical (unpaired) electrons. The minimum atomic E-state index is -0.123. The van der Waals surface area contributed by atoms with Crippen LogP contribution in [-0.2, 0) is 7.05 Å².